The Morgan fingerprint density at radius 3 is 0.511 bits per heavy atom. The fourth-order valence-electron chi connectivity index (χ4n) is 2.49. The molecule has 0 aromatic heterocycles. The fourth-order valence-corrected chi connectivity index (χ4v) is 50.6. The second-order valence-electron chi connectivity index (χ2n) is 8.38. The van der Waals surface area contributed by atoms with Gasteiger partial charge in [0.15, 0.2) is 0 Å². The van der Waals surface area contributed by atoms with Crippen molar-refractivity contribution >= 4 is 665 Å². The van der Waals surface area contributed by atoms with Crippen LogP contribution in [0, 0.1) is 0 Å². The zero-order chi connectivity index (χ0) is 39.5. The van der Waals surface area contributed by atoms with Crippen LogP contribution in [0.25, 0.3) is 0 Å². The van der Waals surface area contributed by atoms with Crippen LogP contribution in [-0.4, -0.2) is 30.3 Å². The second-order valence-corrected chi connectivity index (χ2v) is 91.4. The SMILES string of the molecule is O=S(=O)(O)C(I)(I)C(I)(I)C(I)(I)C(I)(I)C(I)(I)C(I)(I)C(I)(I)C(I)(I)C(I)(I)C(I)(I)C(I)(I)C(I)(I)C(I)(I)C(I)(I)I. The summed E-state index contributed by atoms with van der Waals surface area (Å²) in [6.07, 6.45) is 0. The van der Waals surface area contributed by atoms with Crippen molar-refractivity contribution in [1.82, 2.24) is 0 Å². The summed E-state index contributed by atoms with van der Waals surface area (Å²) < 4.78 is 29.6. The van der Waals surface area contributed by atoms with Gasteiger partial charge in [0.1, 0.15) is 16.6 Å². The van der Waals surface area contributed by atoms with Crippen molar-refractivity contribution in [1.29, 1.82) is 0 Å². The first kappa shape index (κ1) is 68.1. The first-order valence-electron chi connectivity index (χ1n) is 9.45. The minimum absolute atomic E-state index is 0.0395. The Bertz CT molecular complexity index is 1290. The standard InChI is InChI=1S/C14HI29O3S/c15-1(16,3(19,20)5(23,24)7(27,28)9(31,32)11(35,36)13(39,40)41)2(17,18)4(21,22)6(25,26)8(29,30)10(33,34)12(37,38)14(42,43)47(44,45)46/h(H,44,45,46). The Labute approximate surface area is 672 Å². The highest BCUT2D eigenvalue weighted by Gasteiger charge is 2.82. The number of hydrogen-bond acceptors (Lipinski definition) is 2. The molecule has 0 saturated carbocycles. The van der Waals surface area contributed by atoms with Crippen LogP contribution in [0.5, 0.6) is 0 Å². The number of halogens is 29. The third kappa shape index (κ3) is 13.1. The van der Waals surface area contributed by atoms with Gasteiger partial charge in [-0.3, -0.25) is 4.55 Å². The molecule has 0 aliphatic rings. The third-order valence-electron chi connectivity index (χ3n) is 5.38. The predicted octanol–water partition coefficient (Wildman–Crippen LogP) is 22.2. The lowest BCUT2D eigenvalue weighted by Gasteiger charge is -2.62. The van der Waals surface area contributed by atoms with Crippen molar-refractivity contribution in [3.63, 3.8) is 0 Å². The van der Waals surface area contributed by atoms with Crippen LogP contribution in [0.1, 0.15) is 0 Å². The molecular weight excluding hydrogens is 3930 g/mol. The van der Waals surface area contributed by atoms with E-state index in [2.05, 4.69) is 610 Å². The molecule has 0 bridgehead atoms. The van der Waals surface area contributed by atoms with Crippen molar-refractivity contribution in [3.8, 4) is 0 Å². The zero-order valence-electron chi connectivity index (χ0n) is 19.6. The largest absolute Gasteiger partial charge is 0.291 e. The van der Waals surface area contributed by atoms with Crippen LogP contribution in [0.15, 0.2) is 0 Å². The van der Waals surface area contributed by atoms with Gasteiger partial charge in [0, 0.05) is 0 Å². The summed E-state index contributed by atoms with van der Waals surface area (Å²) in [5, 5.41) is 0. The van der Waals surface area contributed by atoms with Gasteiger partial charge >= 0.3 is 0 Å². The number of hydrogen-bond donors (Lipinski definition) is 1. The maximum absolute atomic E-state index is 12.8. The lowest BCUT2D eigenvalue weighted by atomic mass is 10.0. The smallest absolute Gasteiger partial charge is 0.284 e. The van der Waals surface area contributed by atoms with Gasteiger partial charge in [-0.2, -0.15) is 8.42 Å². The molecule has 0 fully saturated rings. The Kier molecular flexibility index (Phi) is 34.4. The molecule has 0 unspecified atom stereocenters. The molecule has 3 nitrogen and oxygen atoms in total. The fraction of sp³-hybridized carbons (Fsp3) is 1.00. The Morgan fingerprint density at radius 1 is 0.255 bits per heavy atom. The van der Waals surface area contributed by atoms with Gasteiger partial charge in [0.05, 0.1) is 0 Å². The van der Waals surface area contributed by atoms with Gasteiger partial charge < -0.3 is 0 Å². The monoisotopic (exact) mass is 3930 g/mol. The van der Waals surface area contributed by atoms with Crippen molar-refractivity contribution in [2.75, 3.05) is 0 Å². The molecule has 0 saturated heterocycles. The average molecular weight is 3930 g/mol. The second kappa shape index (κ2) is 23.7. The molecule has 0 aromatic carbocycles. The van der Waals surface area contributed by atoms with Gasteiger partial charge in [-0.15, -0.1) is 0 Å². The van der Waals surface area contributed by atoms with Crippen molar-refractivity contribution in [2.45, 2.75) is 17.3 Å². The molecule has 0 spiro atoms. The Morgan fingerprint density at radius 2 is 0.383 bits per heavy atom. The molecule has 0 aliphatic heterocycles. The van der Waals surface area contributed by atoms with Crippen LogP contribution >= 0.6 is 655 Å². The van der Waals surface area contributed by atoms with Crippen LogP contribution in [0.4, 0.5) is 0 Å². The van der Waals surface area contributed by atoms with Crippen LogP contribution in [0.3, 0.4) is 0 Å². The molecule has 0 rings (SSSR count). The van der Waals surface area contributed by atoms with E-state index in [0.717, 1.165) is 0 Å². The molecular formula is C14HI29O3S. The van der Waals surface area contributed by atoms with Crippen molar-refractivity contribution in [2.24, 2.45) is 0 Å². The van der Waals surface area contributed by atoms with E-state index in [0.29, 0.717) is 0 Å². The average Bonchev–Trinajstić information content (AvgIpc) is 2.80. The molecule has 0 amide bonds. The van der Waals surface area contributed by atoms with Gasteiger partial charge in [-0.25, -0.2) is 0 Å². The topological polar surface area (TPSA) is 54.4 Å². The summed E-state index contributed by atoms with van der Waals surface area (Å²) in [4.78, 5) is 0. The van der Waals surface area contributed by atoms with Crippen LogP contribution < -0.4 is 0 Å². The molecule has 284 valence electrons. The van der Waals surface area contributed by atoms with E-state index in [1.165, 1.54) is 0 Å². The van der Waals surface area contributed by atoms with Gasteiger partial charge in [-0.1, -0.05) is 610 Å². The predicted molar refractivity (Wildman–Crippen MR) is 456 cm³/mol. The quantitative estimate of drug-likeness (QED) is 0.107. The highest BCUT2D eigenvalue weighted by Crippen LogP contribution is 2.84. The Hall–Kier alpha value is 21.1. The van der Waals surface area contributed by atoms with E-state index in [-0.39, 0.29) is 9.43 Å². The maximum Gasteiger partial charge on any atom is 0.291 e. The highest BCUT2D eigenvalue weighted by atomic mass is 127. The summed E-state index contributed by atoms with van der Waals surface area (Å²) in [6.45, 7) is 0. The van der Waals surface area contributed by atoms with E-state index in [4.69, 9.17) is 0 Å². The molecule has 0 heterocycles. The molecule has 0 atom stereocenters. The first-order valence-corrected chi connectivity index (χ1v) is 42.2. The molecule has 0 radical (unpaired) electrons. The number of alkyl halides is 29. The molecule has 1 N–H and O–H groups in total. The van der Waals surface area contributed by atoms with E-state index >= 15 is 0 Å². The van der Waals surface area contributed by atoms with Gasteiger partial charge in [0.2, 0.25) is 0.760 Å². The van der Waals surface area contributed by atoms with E-state index < -0.39 is 18.0 Å². The minimum atomic E-state index is -4.40. The molecule has 0 aromatic rings. The van der Waals surface area contributed by atoms with Crippen molar-refractivity contribution < 1.29 is 13.0 Å². The van der Waals surface area contributed by atoms with Crippen molar-refractivity contribution in [3.05, 3.63) is 0 Å². The first-order chi connectivity index (χ1) is 19.5. The summed E-state index contributed by atoms with van der Waals surface area (Å²) in [5.41, 5.74) is 0. The zero-order valence-corrected chi connectivity index (χ0v) is 83.0. The van der Waals surface area contributed by atoms with Gasteiger partial charge in [0.25, 0.3) is 10.1 Å². The summed E-state index contributed by atoms with van der Waals surface area (Å²) >= 11 is 74.7. The molecule has 33 heteroatoms. The maximum atomic E-state index is 12.8. The van der Waals surface area contributed by atoms with Crippen LogP contribution in [0.2, 0.25) is 0 Å². The third-order valence-corrected chi connectivity index (χ3v) is 109. The molecule has 47 heavy (non-hydrogen) atoms. The highest BCUT2D eigenvalue weighted by molar-refractivity contribution is 14.3. The lowest BCUT2D eigenvalue weighted by molar-refractivity contribution is 0.477. The minimum Gasteiger partial charge on any atom is -0.284 e. The normalized spacial score (nSPS) is 17.3. The summed E-state index contributed by atoms with van der Waals surface area (Å²) in [6, 6.07) is 0. The van der Waals surface area contributed by atoms with Crippen LogP contribution in [-0.2, 0) is 10.1 Å². The Balaban J connectivity index is 7.65. The lowest BCUT2D eigenvalue weighted by Crippen LogP contribution is -2.72. The van der Waals surface area contributed by atoms with E-state index in [1.807, 2.05) is 45.2 Å². The summed E-state index contributed by atoms with van der Waals surface area (Å²) in [7, 11) is -4.40. The van der Waals surface area contributed by atoms with Gasteiger partial charge in [-0.05, 0) is 45.2 Å². The van der Waals surface area contributed by atoms with E-state index in [9.17, 15) is 13.0 Å². The summed E-state index contributed by atoms with van der Waals surface area (Å²) in [5.74, 6) is 0. The molecule has 0 aliphatic carbocycles. The number of rotatable bonds is 14. The van der Waals surface area contributed by atoms with E-state index in [1.54, 1.807) is 0 Å².